The van der Waals surface area contributed by atoms with Gasteiger partial charge < -0.3 is 9.84 Å². The Labute approximate surface area is 114 Å². The number of hydrogen-bond acceptors (Lipinski definition) is 2. The fourth-order valence-corrected chi connectivity index (χ4v) is 1.83. The molecule has 1 N–H and O–H groups in total. The minimum Gasteiger partial charge on any atom is -0.433 e. The largest absolute Gasteiger partial charge is 0.433 e. The average Bonchev–Trinajstić information content (AvgIpc) is 2.41. The van der Waals surface area contributed by atoms with Crippen molar-refractivity contribution in [2.75, 3.05) is 0 Å². The predicted molar refractivity (Wildman–Crippen MR) is 69.4 cm³/mol. The van der Waals surface area contributed by atoms with Gasteiger partial charge in [-0.1, -0.05) is 41.9 Å². The summed E-state index contributed by atoms with van der Waals surface area (Å²) >= 11 is 5.78. The van der Waals surface area contributed by atoms with Crippen molar-refractivity contribution >= 4 is 11.6 Å². The fraction of sp³-hybridized carbons (Fsp3) is 0.143. The first-order valence-electron chi connectivity index (χ1n) is 5.54. The van der Waals surface area contributed by atoms with E-state index in [9.17, 15) is 8.78 Å². The zero-order chi connectivity index (χ0) is 13.8. The van der Waals surface area contributed by atoms with Crippen molar-refractivity contribution < 1.29 is 18.6 Å². The SMILES string of the molecule is OCc1ccc(-c2ccc(Cl)c(OC(F)F)c2)cc1. The molecule has 0 aliphatic heterocycles. The smallest absolute Gasteiger partial charge is 0.387 e. The summed E-state index contributed by atoms with van der Waals surface area (Å²) in [6.45, 7) is -2.95. The summed E-state index contributed by atoms with van der Waals surface area (Å²) < 4.78 is 28.8. The average molecular weight is 285 g/mol. The number of benzene rings is 2. The maximum absolute atomic E-state index is 12.2. The highest BCUT2D eigenvalue weighted by atomic mass is 35.5. The maximum Gasteiger partial charge on any atom is 0.387 e. The van der Waals surface area contributed by atoms with Gasteiger partial charge in [0.05, 0.1) is 11.6 Å². The maximum atomic E-state index is 12.2. The van der Waals surface area contributed by atoms with Gasteiger partial charge in [0.25, 0.3) is 0 Å². The van der Waals surface area contributed by atoms with Crippen molar-refractivity contribution in [3.05, 3.63) is 53.1 Å². The lowest BCUT2D eigenvalue weighted by Gasteiger charge is -2.09. The Morgan fingerprint density at radius 2 is 1.68 bits per heavy atom. The number of halogens is 3. The molecule has 100 valence electrons. The number of aliphatic hydroxyl groups is 1. The second-order valence-corrected chi connectivity index (χ2v) is 4.29. The van der Waals surface area contributed by atoms with Crippen LogP contribution in [0.25, 0.3) is 11.1 Å². The van der Waals surface area contributed by atoms with Crippen molar-refractivity contribution in [1.29, 1.82) is 0 Å². The normalized spacial score (nSPS) is 10.8. The molecule has 2 rings (SSSR count). The van der Waals surface area contributed by atoms with E-state index in [0.717, 1.165) is 11.1 Å². The number of ether oxygens (including phenoxy) is 1. The molecule has 2 nitrogen and oxygen atoms in total. The van der Waals surface area contributed by atoms with Gasteiger partial charge in [-0.3, -0.25) is 0 Å². The zero-order valence-corrected chi connectivity index (χ0v) is 10.6. The molecule has 0 aliphatic rings. The third kappa shape index (κ3) is 3.43. The first kappa shape index (κ1) is 13.8. The summed E-state index contributed by atoms with van der Waals surface area (Å²) in [5, 5.41) is 9.09. The molecular weight excluding hydrogens is 274 g/mol. The third-order valence-electron chi connectivity index (χ3n) is 2.62. The van der Waals surface area contributed by atoms with Crippen molar-refractivity contribution in [1.82, 2.24) is 0 Å². The van der Waals surface area contributed by atoms with Crippen molar-refractivity contribution in [3.8, 4) is 16.9 Å². The summed E-state index contributed by atoms with van der Waals surface area (Å²) in [5.74, 6) is -0.0552. The highest BCUT2D eigenvalue weighted by molar-refractivity contribution is 6.32. The molecule has 0 aromatic heterocycles. The van der Waals surface area contributed by atoms with E-state index in [0.29, 0.717) is 5.56 Å². The van der Waals surface area contributed by atoms with E-state index in [1.54, 1.807) is 30.3 Å². The Balaban J connectivity index is 2.33. The fourth-order valence-electron chi connectivity index (χ4n) is 1.67. The van der Waals surface area contributed by atoms with Gasteiger partial charge in [0.1, 0.15) is 5.75 Å². The van der Waals surface area contributed by atoms with Gasteiger partial charge in [0.15, 0.2) is 0 Å². The lowest BCUT2D eigenvalue weighted by molar-refractivity contribution is -0.0497. The Bertz CT molecular complexity index is 556. The standard InChI is InChI=1S/C14H11ClF2O2/c15-12-6-5-11(7-13(12)19-14(16)17)10-3-1-9(8-18)2-4-10/h1-7,14,18H,8H2. The van der Waals surface area contributed by atoms with Crippen LogP contribution in [0.2, 0.25) is 5.02 Å². The summed E-state index contributed by atoms with van der Waals surface area (Å²) in [5.41, 5.74) is 2.32. The molecular formula is C14H11ClF2O2. The summed E-state index contributed by atoms with van der Waals surface area (Å²) in [4.78, 5) is 0. The molecule has 0 spiro atoms. The molecule has 0 aliphatic carbocycles. The molecule has 5 heteroatoms. The minimum absolute atomic E-state index is 0.0410. The number of hydrogen-bond donors (Lipinski definition) is 1. The third-order valence-corrected chi connectivity index (χ3v) is 2.93. The van der Waals surface area contributed by atoms with Crippen LogP contribution in [0.1, 0.15) is 5.56 Å². The van der Waals surface area contributed by atoms with Crippen molar-refractivity contribution in [3.63, 3.8) is 0 Å². The molecule has 2 aromatic rings. The van der Waals surface area contributed by atoms with Crippen LogP contribution in [-0.2, 0) is 6.61 Å². The van der Waals surface area contributed by atoms with E-state index in [1.807, 2.05) is 0 Å². The van der Waals surface area contributed by atoms with E-state index < -0.39 is 6.61 Å². The molecule has 0 fully saturated rings. The van der Waals surface area contributed by atoms with Gasteiger partial charge in [-0.05, 0) is 28.8 Å². The topological polar surface area (TPSA) is 29.5 Å². The van der Waals surface area contributed by atoms with Crippen LogP contribution < -0.4 is 4.74 Å². The first-order chi connectivity index (χ1) is 9.10. The van der Waals surface area contributed by atoms with E-state index in [2.05, 4.69) is 4.74 Å². The summed E-state index contributed by atoms with van der Waals surface area (Å²) in [6, 6.07) is 11.8. The van der Waals surface area contributed by atoms with Gasteiger partial charge in [-0.2, -0.15) is 8.78 Å². The van der Waals surface area contributed by atoms with E-state index in [-0.39, 0.29) is 17.4 Å². The molecule has 0 unspecified atom stereocenters. The summed E-state index contributed by atoms with van der Waals surface area (Å²) in [7, 11) is 0. The quantitative estimate of drug-likeness (QED) is 0.916. The van der Waals surface area contributed by atoms with Crippen molar-refractivity contribution in [2.45, 2.75) is 13.2 Å². The highest BCUT2D eigenvalue weighted by Crippen LogP contribution is 2.31. The molecule has 0 bridgehead atoms. The lowest BCUT2D eigenvalue weighted by Crippen LogP contribution is -2.02. The highest BCUT2D eigenvalue weighted by Gasteiger charge is 2.10. The second-order valence-electron chi connectivity index (χ2n) is 3.88. The lowest BCUT2D eigenvalue weighted by atomic mass is 10.0. The van der Waals surface area contributed by atoms with E-state index in [1.165, 1.54) is 12.1 Å². The number of alkyl halides is 2. The Morgan fingerprint density at radius 1 is 1.05 bits per heavy atom. The van der Waals surface area contributed by atoms with Gasteiger partial charge in [0.2, 0.25) is 0 Å². The van der Waals surface area contributed by atoms with Gasteiger partial charge in [-0.15, -0.1) is 0 Å². The second kappa shape index (κ2) is 5.99. The van der Waals surface area contributed by atoms with Crippen LogP contribution in [0.15, 0.2) is 42.5 Å². The van der Waals surface area contributed by atoms with Crippen LogP contribution >= 0.6 is 11.6 Å². The Morgan fingerprint density at radius 3 is 2.26 bits per heavy atom. The zero-order valence-electron chi connectivity index (χ0n) is 9.82. The van der Waals surface area contributed by atoms with E-state index in [4.69, 9.17) is 16.7 Å². The number of rotatable bonds is 4. The van der Waals surface area contributed by atoms with Crippen molar-refractivity contribution in [2.24, 2.45) is 0 Å². The van der Waals surface area contributed by atoms with Gasteiger partial charge >= 0.3 is 6.61 Å². The predicted octanol–water partition coefficient (Wildman–Crippen LogP) is 4.10. The first-order valence-corrected chi connectivity index (χ1v) is 5.92. The monoisotopic (exact) mass is 284 g/mol. The van der Waals surface area contributed by atoms with Crippen LogP contribution in [0, 0.1) is 0 Å². The molecule has 0 saturated heterocycles. The van der Waals surface area contributed by atoms with Crippen LogP contribution in [0.3, 0.4) is 0 Å². The molecule has 2 aromatic carbocycles. The number of aliphatic hydroxyl groups excluding tert-OH is 1. The van der Waals surface area contributed by atoms with Gasteiger partial charge in [-0.25, -0.2) is 0 Å². The molecule has 19 heavy (non-hydrogen) atoms. The molecule has 0 amide bonds. The Hall–Kier alpha value is -1.65. The molecule has 0 radical (unpaired) electrons. The molecule has 0 atom stereocenters. The molecule has 0 saturated carbocycles. The van der Waals surface area contributed by atoms with Crippen LogP contribution in [0.4, 0.5) is 8.78 Å². The summed E-state index contributed by atoms with van der Waals surface area (Å²) in [6.07, 6.45) is 0. The van der Waals surface area contributed by atoms with Gasteiger partial charge in [0, 0.05) is 0 Å². The van der Waals surface area contributed by atoms with Crippen LogP contribution in [-0.4, -0.2) is 11.7 Å². The Kier molecular flexibility index (Phi) is 4.35. The van der Waals surface area contributed by atoms with Crippen LogP contribution in [0.5, 0.6) is 5.75 Å². The van der Waals surface area contributed by atoms with E-state index >= 15 is 0 Å². The minimum atomic E-state index is -2.91. The molecule has 0 heterocycles.